The van der Waals surface area contributed by atoms with E-state index in [0.29, 0.717) is 11.3 Å². The molecular weight excluding hydrogens is 316 g/mol. The van der Waals surface area contributed by atoms with E-state index in [1.807, 2.05) is 12.1 Å². The predicted molar refractivity (Wildman–Crippen MR) is 99.5 cm³/mol. The molecule has 2 aromatic heterocycles. The van der Waals surface area contributed by atoms with Gasteiger partial charge in [-0.05, 0) is 49.0 Å². The van der Waals surface area contributed by atoms with Crippen molar-refractivity contribution in [1.82, 2.24) is 14.9 Å². The first kappa shape index (κ1) is 17.0. The van der Waals surface area contributed by atoms with Gasteiger partial charge in [0.05, 0.1) is 11.3 Å². The standard InChI is InChI=1S/C19H22N4O2/c1-3-23(4-2)11-12-5-7-15-13(9-12)10-17(21-15)14-6-8-16(18(20)24)22-19(14)25/h5-10,21H,3-4,11H2,1-2H3,(H2,20,24)(H,22,25). The normalized spacial score (nSPS) is 11.3. The minimum Gasteiger partial charge on any atom is -0.364 e. The van der Waals surface area contributed by atoms with Gasteiger partial charge in [0, 0.05) is 17.4 Å². The Morgan fingerprint density at radius 3 is 2.48 bits per heavy atom. The summed E-state index contributed by atoms with van der Waals surface area (Å²) < 4.78 is 0. The van der Waals surface area contributed by atoms with Gasteiger partial charge in [0.25, 0.3) is 11.5 Å². The molecule has 25 heavy (non-hydrogen) atoms. The van der Waals surface area contributed by atoms with Gasteiger partial charge in [-0.1, -0.05) is 19.9 Å². The Morgan fingerprint density at radius 1 is 1.08 bits per heavy atom. The zero-order valence-corrected chi connectivity index (χ0v) is 14.4. The van der Waals surface area contributed by atoms with Crippen molar-refractivity contribution < 1.29 is 4.79 Å². The third-order valence-electron chi connectivity index (χ3n) is 4.45. The monoisotopic (exact) mass is 338 g/mol. The maximum absolute atomic E-state index is 12.2. The number of nitrogens with one attached hydrogen (secondary N) is 2. The average Bonchev–Trinajstić information content (AvgIpc) is 3.02. The number of pyridine rings is 1. The highest BCUT2D eigenvalue weighted by Crippen LogP contribution is 2.23. The van der Waals surface area contributed by atoms with Crippen molar-refractivity contribution in [3.63, 3.8) is 0 Å². The summed E-state index contributed by atoms with van der Waals surface area (Å²) in [4.78, 5) is 31.5. The fraction of sp³-hybridized carbons (Fsp3) is 0.263. The van der Waals surface area contributed by atoms with Gasteiger partial charge >= 0.3 is 0 Å². The molecule has 0 unspecified atom stereocenters. The lowest BCUT2D eigenvalue weighted by Crippen LogP contribution is -2.21. The molecule has 3 rings (SSSR count). The number of benzene rings is 1. The largest absolute Gasteiger partial charge is 0.364 e. The van der Waals surface area contributed by atoms with E-state index in [4.69, 9.17) is 5.73 Å². The van der Waals surface area contributed by atoms with Crippen LogP contribution < -0.4 is 11.3 Å². The molecule has 130 valence electrons. The van der Waals surface area contributed by atoms with Gasteiger partial charge < -0.3 is 15.7 Å². The number of amides is 1. The van der Waals surface area contributed by atoms with E-state index < -0.39 is 5.91 Å². The lowest BCUT2D eigenvalue weighted by Gasteiger charge is -2.17. The lowest BCUT2D eigenvalue weighted by atomic mass is 10.1. The summed E-state index contributed by atoms with van der Waals surface area (Å²) in [6, 6.07) is 11.4. The Balaban J connectivity index is 1.96. The summed E-state index contributed by atoms with van der Waals surface area (Å²) in [5, 5.41) is 1.05. The number of nitrogens with two attached hydrogens (primary N) is 1. The second-order valence-corrected chi connectivity index (χ2v) is 6.05. The number of hydrogen-bond donors (Lipinski definition) is 3. The van der Waals surface area contributed by atoms with E-state index in [2.05, 4.69) is 40.8 Å². The first-order valence-corrected chi connectivity index (χ1v) is 8.39. The molecule has 6 heteroatoms. The van der Waals surface area contributed by atoms with Gasteiger partial charge in [-0.2, -0.15) is 0 Å². The minimum atomic E-state index is -0.652. The summed E-state index contributed by atoms with van der Waals surface area (Å²) in [5.74, 6) is -0.652. The van der Waals surface area contributed by atoms with Gasteiger partial charge in [-0.15, -0.1) is 0 Å². The van der Waals surface area contributed by atoms with Crippen molar-refractivity contribution in [1.29, 1.82) is 0 Å². The molecule has 1 aromatic carbocycles. The van der Waals surface area contributed by atoms with Crippen LogP contribution in [-0.4, -0.2) is 33.9 Å². The molecule has 3 aromatic rings. The molecule has 0 aliphatic rings. The molecule has 0 fully saturated rings. The van der Waals surface area contributed by atoms with Crippen LogP contribution in [0.3, 0.4) is 0 Å². The molecule has 1 amide bonds. The highest BCUT2D eigenvalue weighted by atomic mass is 16.1. The summed E-state index contributed by atoms with van der Waals surface area (Å²) in [6.07, 6.45) is 0. The van der Waals surface area contributed by atoms with E-state index in [-0.39, 0.29) is 11.3 Å². The van der Waals surface area contributed by atoms with Crippen LogP contribution in [0.2, 0.25) is 0 Å². The van der Waals surface area contributed by atoms with Gasteiger partial charge in [-0.3, -0.25) is 14.5 Å². The van der Waals surface area contributed by atoms with E-state index in [1.54, 1.807) is 6.07 Å². The molecule has 0 bridgehead atoms. The summed E-state index contributed by atoms with van der Waals surface area (Å²) in [5.41, 5.74) is 8.35. The van der Waals surface area contributed by atoms with Crippen LogP contribution >= 0.6 is 0 Å². The summed E-state index contributed by atoms with van der Waals surface area (Å²) in [7, 11) is 0. The molecular formula is C19H22N4O2. The maximum Gasteiger partial charge on any atom is 0.265 e. The predicted octanol–water partition coefficient (Wildman–Crippen LogP) is 2.46. The fourth-order valence-corrected chi connectivity index (χ4v) is 2.96. The van der Waals surface area contributed by atoms with Crippen LogP contribution in [0, 0.1) is 0 Å². The van der Waals surface area contributed by atoms with Crippen LogP contribution in [0.25, 0.3) is 22.2 Å². The fourth-order valence-electron chi connectivity index (χ4n) is 2.96. The Labute approximate surface area is 145 Å². The SMILES string of the molecule is CCN(CC)Cc1ccc2[nH]c(-c3ccc(C(N)=O)[nH]c3=O)cc2c1. The molecule has 0 aliphatic carbocycles. The van der Waals surface area contributed by atoms with E-state index in [0.717, 1.165) is 30.5 Å². The first-order chi connectivity index (χ1) is 12.0. The van der Waals surface area contributed by atoms with Crippen molar-refractivity contribution >= 4 is 16.8 Å². The van der Waals surface area contributed by atoms with Crippen LogP contribution in [0.1, 0.15) is 29.9 Å². The Bertz CT molecular complexity index is 967. The zero-order chi connectivity index (χ0) is 18.0. The highest BCUT2D eigenvalue weighted by molar-refractivity contribution is 5.91. The first-order valence-electron chi connectivity index (χ1n) is 8.39. The molecule has 0 saturated heterocycles. The molecule has 0 saturated carbocycles. The number of rotatable bonds is 6. The molecule has 2 heterocycles. The van der Waals surface area contributed by atoms with Crippen molar-refractivity contribution in [2.24, 2.45) is 5.73 Å². The number of H-pyrrole nitrogens is 2. The topological polar surface area (TPSA) is 95.0 Å². The smallest absolute Gasteiger partial charge is 0.265 e. The van der Waals surface area contributed by atoms with Crippen molar-refractivity contribution in [3.8, 4) is 11.3 Å². The Morgan fingerprint density at radius 2 is 1.84 bits per heavy atom. The summed E-state index contributed by atoms with van der Waals surface area (Å²) in [6.45, 7) is 7.22. The Hall–Kier alpha value is -2.86. The number of aromatic amines is 2. The zero-order valence-electron chi connectivity index (χ0n) is 14.4. The van der Waals surface area contributed by atoms with Crippen molar-refractivity contribution in [3.05, 3.63) is 58.0 Å². The molecule has 0 radical (unpaired) electrons. The number of aromatic nitrogens is 2. The third kappa shape index (κ3) is 3.49. The number of nitrogens with zero attached hydrogens (tertiary/aromatic N) is 1. The van der Waals surface area contributed by atoms with E-state index in [9.17, 15) is 9.59 Å². The van der Waals surface area contributed by atoms with E-state index >= 15 is 0 Å². The number of carbonyl (C=O) groups excluding carboxylic acids is 1. The number of carbonyl (C=O) groups is 1. The molecule has 4 N–H and O–H groups in total. The second kappa shape index (κ2) is 6.94. The van der Waals surface area contributed by atoms with Gasteiger partial charge in [0.15, 0.2) is 0 Å². The van der Waals surface area contributed by atoms with E-state index in [1.165, 1.54) is 11.6 Å². The number of primary amides is 1. The average molecular weight is 338 g/mol. The molecule has 6 nitrogen and oxygen atoms in total. The minimum absolute atomic E-state index is 0.103. The maximum atomic E-state index is 12.2. The molecule has 0 aliphatic heterocycles. The van der Waals surface area contributed by atoms with Crippen LogP contribution in [-0.2, 0) is 6.54 Å². The molecule has 0 atom stereocenters. The van der Waals surface area contributed by atoms with Crippen LogP contribution in [0.15, 0.2) is 41.2 Å². The van der Waals surface area contributed by atoms with Crippen molar-refractivity contribution in [2.45, 2.75) is 20.4 Å². The van der Waals surface area contributed by atoms with Crippen molar-refractivity contribution in [2.75, 3.05) is 13.1 Å². The lowest BCUT2D eigenvalue weighted by molar-refractivity contribution is 0.0995. The van der Waals surface area contributed by atoms with Gasteiger partial charge in [0.2, 0.25) is 0 Å². The van der Waals surface area contributed by atoms with Gasteiger partial charge in [-0.25, -0.2) is 0 Å². The molecule has 0 spiro atoms. The second-order valence-electron chi connectivity index (χ2n) is 6.05. The third-order valence-corrected chi connectivity index (χ3v) is 4.45. The number of fused-ring (bicyclic) bond motifs is 1. The van der Waals surface area contributed by atoms with Crippen LogP contribution in [0.4, 0.5) is 0 Å². The van der Waals surface area contributed by atoms with Crippen LogP contribution in [0.5, 0.6) is 0 Å². The Kier molecular flexibility index (Phi) is 4.72. The number of hydrogen-bond acceptors (Lipinski definition) is 3. The van der Waals surface area contributed by atoms with Gasteiger partial charge in [0.1, 0.15) is 5.69 Å². The quantitative estimate of drug-likeness (QED) is 0.644. The highest BCUT2D eigenvalue weighted by Gasteiger charge is 2.10. The summed E-state index contributed by atoms with van der Waals surface area (Å²) >= 11 is 0.